The van der Waals surface area contributed by atoms with Crippen molar-refractivity contribution < 1.29 is 9.13 Å². The van der Waals surface area contributed by atoms with Crippen LogP contribution in [0.2, 0.25) is 0 Å². The van der Waals surface area contributed by atoms with E-state index in [4.69, 9.17) is 10.5 Å². The molecule has 0 saturated carbocycles. The fourth-order valence-corrected chi connectivity index (χ4v) is 1.71. The van der Waals surface area contributed by atoms with Crippen LogP contribution in [0.1, 0.15) is 17.3 Å². The highest BCUT2D eigenvalue weighted by Crippen LogP contribution is 2.24. The Bertz CT molecular complexity index is 524. The van der Waals surface area contributed by atoms with Crippen LogP contribution in [0.15, 0.2) is 30.7 Å². The molecule has 0 aliphatic rings. The molecule has 5 heteroatoms. The maximum atomic E-state index is 13.6. The van der Waals surface area contributed by atoms with Crippen LogP contribution < -0.4 is 10.5 Å². The monoisotopic (exact) mass is 235 g/mol. The van der Waals surface area contributed by atoms with Crippen molar-refractivity contribution in [2.45, 2.75) is 6.04 Å². The van der Waals surface area contributed by atoms with Crippen LogP contribution in [0.4, 0.5) is 4.39 Å². The quantitative estimate of drug-likeness (QED) is 0.879. The first-order valence-electron chi connectivity index (χ1n) is 5.18. The lowest BCUT2D eigenvalue weighted by atomic mass is 10.0. The van der Waals surface area contributed by atoms with Crippen LogP contribution in [0, 0.1) is 5.82 Å². The zero-order valence-electron chi connectivity index (χ0n) is 9.72. The first-order chi connectivity index (χ1) is 8.13. The number of benzene rings is 1. The lowest BCUT2D eigenvalue weighted by Gasteiger charge is -2.13. The highest BCUT2D eigenvalue weighted by atomic mass is 19.1. The molecule has 1 unspecified atom stereocenters. The molecule has 90 valence electrons. The minimum atomic E-state index is -0.414. The summed E-state index contributed by atoms with van der Waals surface area (Å²) >= 11 is 0. The Morgan fingerprint density at radius 1 is 1.47 bits per heavy atom. The van der Waals surface area contributed by atoms with Crippen molar-refractivity contribution in [1.82, 2.24) is 9.55 Å². The van der Waals surface area contributed by atoms with Crippen LogP contribution in [-0.2, 0) is 7.05 Å². The number of ether oxygens (including phenoxy) is 1. The Labute approximate surface area is 98.8 Å². The number of rotatable bonds is 3. The average Bonchev–Trinajstić information content (AvgIpc) is 2.74. The van der Waals surface area contributed by atoms with E-state index in [1.807, 2.05) is 11.6 Å². The number of hydrogen-bond donors (Lipinski definition) is 1. The summed E-state index contributed by atoms with van der Waals surface area (Å²) in [5, 5.41) is 0. The van der Waals surface area contributed by atoms with Crippen LogP contribution in [0.25, 0.3) is 0 Å². The van der Waals surface area contributed by atoms with Gasteiger partial charge < -0.3 is 15.0 Å². The number of hydrogen-bond acceptors (Lipinski definition) is 3. The molecule has 1 aromatic heterocycles. The second-order valence-corrected chi connectivity index (χ2v) is 3.80. The predicted octanol–water partition coefficient (Wildman–Crippen LogP) is 1.62. The number of methoxy groups -OCH3 is 1. The minimum absolute atomic E-state index is 0.214. The number of halogens is 1. The Kier molecular flexibility index (Phi) is 3.10. The lowest BCUT2D eigenvalue weighted by Crippen LogP contribution is -2.15. The van der Waals surface area contributed by atoms with E-state index in [2.05, 4.69) is 4.98 Å². The van der Waals surface area contributed by atoms with Gasteiger partial charge in [0.2, 0.25) is 0 Å². The molecule has 2 rings (SSSR count). The summed E-state index contributed by atoms with van der Waals surface area (Å²) in [5.74, 6) is -0.200. The molecule has 2 N–H and O–H groups in total. The molecule has 0 amide bonds. The third-order valence-corrected chi connectivity index (χ3v) is 2.71. The van der Waals surface area contributed by atoms with Gasteiger partial charge in [-0.25, -0.2) is 9.37 Å². The Morgan fingerprint density at radius 2 is 2.24 bits per heavy atom. The molecular weight excluding hydrogens is 221 g/mol. The average molecular weight is 235 g/mol. The Hall–Kier alpha value is -1.88. The molecule has 0 aliphatic heterocycles. The minimum Gasteiger partial charge on any atom is -0.494 e. The SMILES string of the molecule is COc1ccc(C(N)c2cncn2C)cc1F. The van der Waals surface area contributed by atoms with Crippen molar-refractivity contribution >= 4 is 0 Å². The molecule has 0 saturated heterocycles. The van der Waals surface area contributed by atoms with Crippen molar-refractivity contribution in [2.75, 3.05) is 7.11 Å². The summed E-state index contributed by atoms with van der Waals surface area (Å²) in [5.41, 5.74) is 7.57. The molecular formula is C12H14FN3O. The normalized spacial score (nSPS) is 12.5. The second kappa shape index (κ2) is 4.55. The van der Waals surface area contributed by atoms with E-state index in [0.29, 0.717) is 5.56 Å². The molecule has 1 aromatic carbocycles. The molecule has 0 radical (unpaired) electrons. The second-order valence-electron chi connectivity index (χ2n) is 3.80. The van der Waals surface area contributed by atoms with E-state index in [9.17, 15) is 4.39 Å². The third kappa shape index (κ3) is 2.14. The van der Waals surface area contributed by atoms with Gasteiger partial charge in [-0.1, -0.05) is 6.07 Å². The molecule has 17 heavy (non-hydrogen) atoms. The van der Waals surface area contributed by atoms with Crippen molar-refractivity contribution in [1.29, 1.82) is 0 Å². The van der Waals surface area contributed by atoms with Crippen LogP contribution in [0.3, 0.4) is 0 Å². The molecule has 2 aromatic rings. The number of imidazole rings is 1. The summed E-state index contributed by atoms with van der Waals surface area (Å²) in [6, 6.07) is 4.31. The van der Waals surface area contributed by atoms with Crippen molar-refractivity contribution in [3.63, 3.8) is 0 Å². The standard InChI is InChI=1S/C12H14FN3O/c1-16-7-15-6-10(16)12(14)8-3-4-11(17-2)9(13)5-8/h3-7,12H,14H2,1-2H3. The number of nitrogens with two attached hydrogens (primary N) is 1. The van der Waals surface area contributed by atoms with Crippen molar-refractivity contribution in [2.24, 2.45) is 12.8 Å². The lowest BCUT2D eigenvalue weighted by molar-refractivity contribution is 0.386. The van der Waals surface area contributed by atoms with E-state index in [1.165, 1.54) is 13.2 Å². The van der Waals surface area contributed by atoms with E-state index in [1.54, 1.807) is 24.7 Å². The highest BCUT2D eigenvalue weighted by molar-refractivity contribution is 5.34. The number of nitrogens with zero attached hydrogens (tertiary/aromatic N) is 2. The summed E-state index contributed by atoms with van der Waals surface area (Å²) in [6.07, 6.45) is 3.34. The van der Waals surface area contributed by atoms with E-state index in [0.717, 1.165) is 5.69 Å². The molecule has 0 aliphatic carbocycles. The maximum absolute atomic E-state index is 13.6. The van der Waals surface area contributed by atoms with Crippen LogP contribution >= 0.6 is 0 Å². The van der Waals surface area contributed by atoms with Gasteiger partial charge in [-0.3, -0.25) is 0 Å². The summed E-state index contributed by atoms with van der Waals surface area (Å²) in [6.45, 7) is 0. The molecule has 1 atom stereocenters. The van der Waals surface area contributed by atoms with Gasteiger partial charge >= 0.3 is 0 Å². The smallest absolute Gasteiger partial charge is 0.165 e. The highest BCUT2D eigenvalue weighted by Gasteiger charge is 2.14. The number of aryl methyl sites for hydroxylation is 1. The largest absolute Gasteiger partial charge is 0.494 e. The van der Waals surface area contributed by atoms with Gasteiger partial charge in [-0.2, -0.15) is 0 Å². The van der Waals surface area contributed by atoms with Crippen molar-refractivity contribution in [3.05, 3.63) is 47.8 Å². The molecule has 0 fully saturated rings. The zero-order chi connectivity index (χ0) is 12.4. The zero-order valence-corrected chi connectivity index (χ0v) is 9.72. The van der Waals surface area contributed by atoms with Gasteiger partial charge in [0.15, 0.2) is 11.6 Å². The Morgan fingerprint density at radius 3 is 2.76 bits per heavy atom. The summed E-state index contributed by atoms with van der Waals surface area (Å²) in [7, 11) is 3.28. The maximum Gasteiger partial charge on any atom is 0.165 e. The van der Waals surface area contributed by atoms with Gasteiger partial charge in [0.05, 0.1) is 31.4 Å². The number of aromatic nitrogens is 2. The van der Waals surface area contributed by atoms with E-state index in [-0.39, 0.29) is 5.75 Å². The molecule has 0 spiro atoms. The molecule has 1 heterocycles. The van der Waals surface area contributed by atoms with Crippen LogP contribution in [-0.4, -0.2) is 16.7 Å². The van der Waals surface area contributed by atoms with Crippen LogP contribution in [0.5, 0.6) is 5.75 Å². The fourth-order valence-electron chi connectivity index (χ4n) is 1.71. The first kappa shape index (κ1) is 11.6. The summed E-state index contributed by atoms with van der Waals surface area (Å²) in [4.78, 5) is 3.99. The van der Waals surface area contributed by atoms with Gasteiger partial charge in [0, 0.05) is 7.05 Å². The van der Waals surface area contributed by atoms with E-state index < -0.39 is 11.9 Å². The van der Waals surface area contributed by atoms with Crippen molar-refractivity contribution in [3.8, 4) is 5.75 Å². The first-order valence-corrected chi connectivity index (χ1v) is 5.18. The summed E-state index contributed by atoms with van der Waals surface area (Å²) < 4.78 is 20.2. The van der Waals surface area contributed by atoms with Gasteiger partial charge in [-0.15, -0.1) is 0 Å². The van der Waals surface area contributed by atoms with Gasteiger partial charge in [-0.05, 0) is 17.7 Å². The fraction of sp³-hybridized carbons (Fsp3) is 0.250. The topological polar surface area (TPSA) is 53.1 Å². The molecule has 4 nitrogen and oxygen atoms in total. The Balaban J connectivity index is 2.35. The van der Waals surface area contributed by atoms with Gasteiger partial charge in [0.1, 0.15) is 0 Å². The van der Waals surface area contributed by atoms with E-state index >= 15 is 0 Å². The predicted molar refractivity (Wildman–Crippen MR) is 62.2 cm³/mol. The molecule has 0 bridgehead atoms. The van der Waals surface area contributed by atoms with Gasteiger partial charge in [0.25, 0.3) is 0 Å². The third-order valence-electron chi connectivity index (χ3n) is 2.71.